The van der Waals surface area contributed by atoms with E-state index in [9.17, 15) is 5.11 Å². The molecule has 3 aliphatic rings. The Kier molecular flexibility index (Phi) is 4.71. The number of nitrogens with zero attached hydrogens (tertiary/aromatic N) is 1. The predicted molar refractivity (Wildman–Crippen MR) is 116 cm³/mol. The highest BCUT2D eigenvalue weighted by atomic mass is 16.5. The molecule has 1 saturated carbocycles. The Balaban J connectivity index is 1.51. The van der Waals surface area contributed by atoms with Crippen LogP contribution < -0.4 is 4.74 Å². The zero-order valence-electron chi connectivity index (χ0n) is 17.7. The third-order valence-corrected chi connectivity index (χ3v) is 8.14. The van der Waals surface area contributed by atoms with Gasteiger partial charge in [-0.1, -0.05) is 43.3 Å². The van der Waals surface area contributed by atoms with E-state index >= 15 is 0 Å². The third-order valence-electron chi connectivity index (χ3n) is 8.14. The smallest absolute Gasteiger partial charge is 0.119 e. The van der Waals surface area contributed by atoms with E-state index in [2.05, 4.69) is 60.4 Å². The first-order valence-electron chi connectivity index (χ1n) is 11.2. The number of aliphatic hydroxyl groups is 1. The van der Waals surface area contributed by atoms with Crippen molar-refractivity contribution in [2.75, 3.05) is 20.2 Å². The number of hydrogen-bond donors (Lipinski definition) is 1. The molecule has 2 aromatic carbocycles. The molecule has 0 unspecified atom stereocenters. The number of methoxy groups -OCH3 is 1. The summed E-state index contributed by atoms with van der Waals surface area (Å²) in [5, 5.41) is 12.3. The maximum Gasteiger partial charge on any atom is 0.119 e. The first-order chi connectivity index (χ1) is 14.1. The Morgan fingerprint density at radius 2 is 1.97 bits per heavy atom. The van der Waals surface area contributed by atoms with Crippen LogP contribution in [0.4, 0.5) is 0 Å². The Hall–Kier alpha value is -1.84. The Labute approximate surface area is 174 Å². The number of rotatable bonds is 4. The van der Waals surface area contributed by atoms with Crippen LogP contribution in [0.1, 0.15) is 49.3 Å². The van der Waals surface area contributed by atoms with Gasteiger partial charge in [0.25, 0.3) is 0 Å². The molecule has 2 aromatic rings. The lowest BCUT2D eigenvalue weighted by Gasteiger charge is -2.64. The van der Waals surface area contributed by atoms with Crippen LogP contribution in [0.25, 0.3) is 0 Å². The van der Waals surface area contributed by atoms with Crippen molar-refractivity contribution in [1.29, 1.82) is 0 Å². The Morgan fingerprint density at radius 1 is 1.14 bits per heavy atom. The molecule has 3 heteroatoms. The molecule has 2 bridgehead atoms. The van der Waals surface area contributed by atoms with Crippen LogP contribution in [0.5, 0.6) is 5.75 Å². The predicted octanol–water partition coefficient (Wildman–Crippen LogP) is 4.36. The van der Waals surface area contributed by atoms with Gasteiger partial charge in [0.15, 0.2) is 0 Å². The van der Waals surface area contributed by atoms with E-state index < -0.39 is 5.60 Å². The molecule has 5 rings (SSSR count). The van der Waals surface area contributed by atoms with Crippen molar-refractivity contribution in [1.82, 2.24) is 4.90 Å². The average Bonchev–Trinajstić information content (AvgIpc) is 2.74. The lowest BCUT2D eigenvalue weighted by Crippen LogP contribution is -2.73. The molecule has 154 valence electrons. The van der Waals surface area contributed by atoms with E-state index in [0.717, 1.165) is 57.4 Å². The molecule has 4 atom stereocenters. The number of ether oxygens (including phenoxy) is 1. The molecule has 29 heavy (non-hydrogen) atoms. The van der Waals surface area contributed by atoms with Crippen molar-refractivity contribution in [3.05, 3.63) is 65.2 Å². The lowest BCUT2D eigenvalue weighted by atomic mass is 9.48. The zero-order chi connectivity index (χ0) is 20.1. The van der Waals surface area contributed by atoms with Gasteiger partial charge in [0.1, 0.15) is 5.75 Å². The van der Waals surface area contributed by atoms with E-state index in [1.807, 2.05) is 0 Å². The van der Waals surface area contributed by atoms with Gasteiger partial charge in [0, 0.05) is 18.0 Å². The van der Waals surface area contributed by atoms with Crippen LogP contribution in [0.15, 0.2) is 48.5 Å². The highest BCUT2D eigenvalue weighted by Crippen LogP contribution is 2.59. The van der Waals surface area contributed by atoms with E-state index in [-0.39, 0.29) is 11.5 Å². The van der Waals surface area contributed by atoms with Crippen LogP contribution >= 0.6 is 0 Å². The van der Waals surface area contributed by atoms with E-state index in [1.165, 1.54) is 16.7 Å². The second-order valence-corrected chi connectivity index (χ2v) is 9.62. The molecule has 1 N–H and O–H groups in total. The van der Waals surface area contributed by atoms with Gasteiger partial charge >= 0.3 is 0 Å². The topological polar surface area (TPSA) is 32.7 Å². The molecule has 0 radical (unpaired) electrons. The van der Waals surface area contributed by atoms with Crippen LogP contribution in [-0.2, 0) is 18.3 Å². The van der Waals surface area contributed by atoms with Gasteiger partial charge in [-0.3, -0.25) is 4.90 Å². The van der Waals surface area contributed by atoms with E-state index in [4.69, 9.17) is 4.74 Å². The number of piperidine rings is 1. The minimum atomic E-state index is -0.631. The molecular weight excluding hydrogens is 358 g/mol. The molecule has 0 aromatic heterocycles. The Bertz CT molecular complexity index is 882. The van der Waals surface area contributed by atoms with Gasteiger partial charge in [-0.15, -0.1) is 0 Å². The SMILES string of the molecule is COc1ccc2c(c1)[C@]13CCN(CCc4ccccc4)[C@H](C2)[C@]1(O)CC[C@H](C)C3. The zero-order valence-corrected chi connectivity index (χ0v) is 17.7. The number of benzene rings is 2. The van der Waals surface area contributed by atoms with Crippen LogP contribution in [-0.4, -0.2) is 41.8 Å². The van der Waals surface area contributed by atoms with Crippen molar-refractivity contribution >= 4 is 0 Å². The van der Waals surface area contributed by atoms with Crippen molar-refractivity contribution in [2.24, 2.45) is 5.92 Å². The fraction of sp³-hybridized carbons (Fsp3) is 0.538. The molecule has 0 spiro atoms. The summed E-state index contributed by atoms with van der Waals surface area (Å²) in [6.45, 7) is 4.46. The Morgan fingerprint density at radius 3 is 2.76 bits per heavy atom. The van der Waals surface area contributed by atoms with Gasteiger partial charge < -0.3 is 9.84 Å². The monoisotopic (exact) mass is 391 g/mol. The first-order valence-corrected chi connectivity index (χ1v) is 11.2. The minimum absolute atomic E-state index is 0.124. The summed E-state index contributed by atoms with van der Waals surface area (Å²) in [4.78, 5) is 2.59. The number of hydrogen-bond acceptors (Lipinski definition) is 3. The molecule has 1 saturated heterocycles. The molecule has 0 amide bonds. The van der Waals surface area contributed by atoms with Crippen molar-refractivity contribution in [3.63, 3.8) is 0 Å². The van der Waals surface area contributed by atoms with Gasteiger partial charge in [-0.05, 0) is 79.8 Å². The highest BCUT2D eigenvalue weighted by molar-refractivity contribution is 5.48. The number of likely N-dealkylation sites (tertiary alicyclic amines) is 1. The molecule has 1 heterocycles. The first kappa shape index (κ1) is 19.1. The summed E-state index contributed by atoms with van der Waals surface area (Å²) < 4.78 is 5.57. The second kappa shape index (κ2) is 7.14. The van der Waals surface area contributed by atoms with Crippen LogP contribution in [0.3, 0.4) is 0 Å². The minimum Gasteiger partial charge on any atom is -0.497 e. The summed E-state index contributed by atoms with van der Waals surface area (Å²) in [5.74, 6) is 1.58. The quantitative estimate of drug-likeness (QED) is 0.841. The summed E-state index contributed by atoms with van der Waals surface area (Å²) in [6, 6.07) is 17.5. The summed E-state index contributed by atoms with van der Waals surface area (Å²) >= 11 is 0. The second-order valence-electron chi connectivity index (χ2n) is 9.62. The molecule has 1 aliphatic heterocycles. The standard InChI is InChI=1S/C26H33NO2/c1-19-10-12-26(28)24-16-21-8-9-22(29-2)17-23(21)25(26,18-19)13-15-27(24)14-11-20-6-4-3-5-7-20/h3-9,17,19,24,28H,10-16,18H2,1-2H3/t19-,24+,25+,26+/m0/s1. The number of fused-ring (bicyclic) bond motifs is 1. The maximum absolute atomic E-state index is 12.3. The van der Waals surface area contributed by atoms with E-state index in [1.54, 1.807) is 7.11 Å². The highest BCUT2D eigenvalue weighted by Gasteiger charge is 2.64. The lowest BCUT2D eigenvalue weighted by molar-refractivity contribution is -0.172. The fourth-order valence-electron chi connectivity index (χ4n) is 6.65. The van der Waals surface area contributed by atoms with Gasteiger partial charge in [0.2, 0.25) is 0 Å². The van der Waals surface area contributed by atoms with Gasteiger partial charge in [-0.2, -0.15) is 0 Å². The molecule has 2 fully saturated rings. The normalized spacial score (nSPS) is 33.6. The molecule has 3 nitrogen and oxygen atoms in total. The van der Waals surface area contributed by atoms with Gasteiger partial charge in [-0.25, -0.2) is 0 Å². The average molecular weight is 392 g/mol. The summed E-state index contributed by atoms with van der Waals surface area (Å²) in [6.07, 6.45) is 6.16. The van der Waals surface area contributed by atoms with E-state index in [0.29, 0.717) is 5.92 Å². The van der Waals surface area contributed by atoms with Crippen LogP contribution in [0, 0.1) is 5.92 Å². The molecule has 2 aliphatic carbocycles. The summed E-state index contributed by atoms with van der Waals surface area (Å²) in [5.41, 5.74) is 3.41. The third kappa shape index (κ3) is 2.93. The maximum atomic E-state index is 12.3. The summed E-state index contributed by atoms with van der Waals surface area (Å²) in [7, 11) is 1.74. The fourth-order valence-corrected chi connectivity index (χ4v) is 6.65. The largest absolute Gasteiger partial charge is 0.497 e. The molecular formula is C26H33NO2. The van der Waals surface area contributed by atoms with Gasteiger partial charge in [0.05, 0.1) is 12.7 Å². The van der Waals surface area contributed by atoms with Crippen molar-refractivity contribution < 1.29 is 9.84 Å². The van der Waals surface area contributed by atoms with Crippen LogP contribution in [0.2, 0.25) is 0 Å². The van der Waals surface area contributed by atoms with Crippen molar-refractivity contribution in [3.8, 4) is 5.75 Å². The van der Waals surface area contributed by atoms with Crippen molar-refractivity contribution in [2.45, 2.75) is 62.5 Å².